The predicted molar refractivity (Wildman–Crippen MR) is 76.3 cm³/mol. The molecule has 0 amide bonds. The van der Waals surface area contributed by atoms with E-state index < -0.39 is 0 Å². The molecule has 19 heavy (non-hydrogen) atoms. The number of hydrogen-bond donors (Lipinski definition) is 1. The van der Waals surface area contributed by atoms with Crippen LogP contribution in [0.5, 0.6) is 0 Å². The van der Waals surface area contributed by atoms with Gasteiger partial charge in [0.25, 0.3) is 0 Å². The molecule has 0 aliphatic rings. The van der Waals surface area contributed by atoms with Crippen LogP contribution in [0.4, 0.5) is 10.1 Å². The van der Waals surface area contributed by atoms with E-state index in [9.17, 15) is 4.39 Å². The van der Waals surface area contributed by atoms with Gasteiger partial charge in [-0.1, -0.05) is 15.9 Å². The number of nitrogens with zero attached hydrogens (tertiary/aromatic N) is 1. The Hall–Kier alpha value is -1.88. The minimum Gasteiger partial charge on any atom is -0.434 e. The molecule has 0 saturated heterocycles. The summed E-state index contributed by atoms with van der Waals surface area (Å²) in [6, 6.07) is 8.08. The van der Waals surface area contributed by atoms with Gasteiger partial charge in [0, 0.05) is 10.0 Å². The van der Waals surface area contributed by atoms with Gasteiger partial charge in [-0.15, -0.1) is 0 Å². The Bertz CT molecular complexity index is 782. The first kappa shape index (κ1) is 12.2. The Labute approximate surface area is 117 Å². The highest BCUT2D eigenvalue weighted by Gasteiger charge is 2.13. The van der Waals surface area contributed by atoms with Crippen LogP contribution in [0.2, 0.25) is 0 Å². The van der Waals surface area contributed by atoms with Crippen molar-refractivity contribution in [1.29, 1.82) is 0 Å². The monoisotopic (exact) mass is 320 g/mol. The van der Waals surface area contributed by atoms with E-state index in [1.54, 1.807) is 12.1 Å². The summed E-state index contributed by atoms with van der Waals surface area (Å²) in [7, 11) is 0. The number of nitrogens with two attached hydrogens (primary N) is 1. The third kappa shape index (κ3) is 2.10. The van der Waals surface area contributed by atoms with Crippen molar-refractivity contribution < 1.29 is 8.81 Å². The van der Waals surface area contributed by atoms with Gasteiger partial charge in [-0.05, 0) is 42.8 Å². The van der Waals surface area contributed by atoms with Crippen molar-refractivity contribution in [2.45, 2.75) is 6.92 Å². The highest BCUT2D eigenvalue weighted by Crippen LogP contribution is 2.32. The number of rotatable bonds is 1. The molecule has 0 radical (unpaired) electrons. The molecule has 0 aliphatic heterocycles. The number of aromatic nitrogens is 1. The van der Waals surface area contributed by atoms with E-state index >= 15 is 0 Å². The second-order valence-corrected chi connectivity index (χ2v) is 5.24. The molecule has 1 heterocycles. The number of halogens is 2. The molecule has 3 nitrogen and oxygen atoms in total. The van der Waals surface area contributed by atoms with E-state index in [4.69, 9.17) is 10.2 Å². The molecule has 0 fully saturated rings. The number of hydrogen-bond acceptors (Lipinski definition) is 3. The fraction of sp³-hybridized carbons (Fsp3) is 0.0714. The van der Waals surface area contributed by atoms with Crippen LogP contribution in [0, 0.1) is 12.7 Å². The largest absolute Gasteiger partial charge is 0.434 e. The van der Waals surface area contributed by atoms with Gasteiger partial charge in [0.05, 0.1) is 5.69 Å². The van der Waals surface area contributed by atoms with E-state index in [2.05, 4.69) is 20.9 Å². The molecule has 0 saturated carbocycles. The van der Waals surface area contributed by atoms with Crippen molar-refractivity contribution in [1.82, 2.24) is 4.98 Å². The first-order chi connectivity index (χ1) is 9.04. The summed E-state index contributed by atoms with van der Waals surface area (Å²) in [6.45, 7) is 1.81. The second-order valence-electron chi connectivity index (χ2n) is 4.32. The summed E-state index contributed by atoms with van der Waals surface area (Å²) < 4.78 is 19.6. The van der Waals surface area contributed by atoms with Gasteiger partial charge in [-0.3, -0.25) is 0 Å². The summed E-state index contributed by atoms with van der Waals surface area (Å²) >= 11 is 3.36. The highest BCUT2D eigenvalue weighted by molar-refractivity contribution is 9.10. The van der Waals surface area contributed by atoms with Crippen molar-refractivity contribution in [2.75, 3.05) is 5.73 Å². The molecule has 0 aliphatic carbocycles. The lowest BCUT2D eigenvalue weighted by Crippen LogP contribution is -1.84. The zero-order chi connectivity index (χ0) is 13.6. The lowest BCUT2D eigenvalue weighted by molar-refractivity contribution is 0.615. The Balaban J connectivity index is 2.23. The Kier molecular flexibility index (Phi) is 2.78. The zero-order valence-corrected chi connectivity index (χ0v) is 11.7. The van der Waals surface area contributed by atoms with Gasteiger partial charge >= 0.3 is 0 Å². The van der Waals surface area contributed by atoms with E-state index in [1.807, 2.05) is 13.0 Å². The average Bonchev–Trinajstić information content (AvgIpc) is 2.72. The first-order valence-electron chi connectivity index (χ1n) is 5.66. The number of fused-ring (bicyclic) bond motifs is 1. The SMILES string of the molecule is Cc1cc(F)ccc1-c1nc2cc(Br)cc(N)c2o1. The van der Waals surface area contributed by atoms with Crippen molar-refractivity contribution in [3.8, 4) is 11.5 Å². The third-order valence-corrected chi connectivity index (χ3v) is 3.36. The van der Waals surface area contributed by atoms with E-state index in [0.29, 0.717) is 22.7 Å². The van der Waals surface area contributed by atoms with Crippen LogP contribution < -0.4 is 5.73 Å². The van der Waals surface area contributed by atoms with Crippen molar-refractivity contribution in [3.63, 3.8) is 0 Å². The fourth-order valence-electron chi connectivity index (χ4n) is 2.01. The molecule has 5 heteroatoms. The van der Waals surface area contributed by atoms with Crippen molar-refractivity contribution in [2.24, 2.45) is 0 Å². The van der Waals surface area contributed by atoms with Crippen molar-refractivity contribution in [3.05, 3.63) is 46.2 Å². The maximum Gasteiger partial charge on any atom is 0.227 e. The summed E-state index contributed by atoms with van der Waals surface area (Å²) in [5.41, 5.74) is 9.14. The molecule has 0 atom stereocenters. The molecule has 3 aromatic rings. The zero-order valence-electron chi connectivity index (χ0n) is 10.1. The van der Waals surface area contributed by atoms with Crippen molar-refractivity contribution >= 4 is 32.7 Å². The van der Waals surface area contributed by atoms with Crippen LogP contribution in [0.3, 0.4) is 0 Å². The lowest BCUT2D eigenvalue weighted by Gasteiger charge is -2.00. The third-order valence-electron chi connectivity index (χ3n) is 2.90. The quantitative estimate of drug-likeness (QED) is 0.680. The number of oxazole rings is 1. The summed E-state index contributed by atoms with van der Waals surface area (Å²) in [5.74, 6) is 0.164. The maximum atomic E-state index is 13.1. The van der Waals surface area contributed by atoms with Gasteiger partial charge in [-0.25, -0.2) is 9.37 Å². The minimum atomic E-state index is -0.278. The topological polar surface area (TPSA) is 52.0 Å². The standard InChI is InChI=1S/C14H10BrFN2O/c1-7-4-9(16)2-3-10(7)14-18-12-6-8(15)5-11(17)13(12)19-14/h2-6H,17H2,1H3. The Morgan fingerprint density at radius 3 is 2.79 bits per heavy atom. The number of anilines is 1. The summed E-state index contributed by atoms with van der Waals surface area (Å²) in [6.07, 6.45) is 0. The predicted octanol–water partition coefficient (Wildman–Crippen LogP) is 4.29. The molecule has 1 aromatic heterocycles. The van der Waals surface area contributed by atoms with Gasteiger partial charge < -0.3 is 10.2 Å². The molecule has 2 aromatic carbocycles. The number of nitrogen functional groups attached to an aromatic ring is 1. The van der Waals surface area contributed by atoms with E-state index in [0.717, 1.165) is 15.6 Å². The molecular weight excluding hydrogens is 311 g/mol. The van der Waals surface area contributed by atoms with Gasteiger partial charge in [0.1, 0.15) is 11.3 Å². The Morgan fingerprint density at radius 1 is 1.26 bits per heavy atom. The normalized spacial score (nSPS) is 11.1. The lowest BCUT2D eigenvalue weighted by atomic mass is 10.1. The summed E-state index contributed by atoms with van der Waals surface area (Å²) in [4.78, 5) is 4.40. The molecule has 0 spiro atoms. The van der Waals surface area contributed by atoms with E-state index in [-0.39, 0.29) is 5.82 Å². The van der Waals surface area contributed by atoms with Crippen LogP contribution in [0.1, 0.15) is 5.56 Å². The van der Waals surface area contributed by atoms with Crippen LogP contribution in [0.25, 0.3) is 22.6 Å². The van der Waals surface area contributed by atoms with Crippen LogP contribution in [0.15, 0.2) is 39.2 Å². The number of aryl methyl sites for hydroxylation is 1. The first-order valence-corrected chi connectivity index (χ1v) is 6.46. The van der Waals surface area contributed by atoms with Gasteiger partial charge in [0.15, 0.2) is 5.58 Å². The highest BCUT2D eigenvalue weighted by atomic mass is 79.9. The molecule has 0 unspecified atom stereocenters. The fourth-order valence-corrected chi connectivity index (χ4v) is 2.47. The van der Waals surface area contributed by atoms with Crippen LogP contribution >= 0.6 is 15.9 Å². The molecule has 0 bridgehead atoms. The minimum absolute atomic E-state index is 0.278. The van der Waals surface area contributed by atoms with Crippen LogP contribution in [-0.4, -0.2) is 4.98 Å². The Morgan fingerprint density at radius 2 is 2.05 bits per heavy atom. The molecule has 2 N–H and O–H groups in total. The summed E-state index contributed by atoms with van der Waals surface area (Å²) in [5, 5.41) is 0. The molecule has 3 rings (SSSR count). The van der Waals surface area contributed by atoms with E-state index in [1.165, 1.54) is 12.1 Å². The molecular formula is C14H10BrFN2O. The second kappa shape index (κ2) is 4.35. The maximum absolute atomic E-state index is 13.1. The molecule has 96 valence electrons. The average molecular weight is 321 g/mol. The number of benzene rings is 2. The van der Waals surface area contributed by atoms with Crippen LogP contribution in [-0.2, 0) is 0 Å². The van der Waals surface area contributed by atoms with Gasteiger partial charge in [-0.2, -0.15) is 0 Å². The smallest absolute Gasteiger partial charge is 0.227 e. The van der Waals surface area contributed by atoms with Gasteiger partial charge in [0.2, 0.25) is 5.89 Å².